The predicted octanol–water partition coefficient (Wildman–Crippen LogP) is 5.16. The van der Waals surface area contributed by atoms with E-state index < -0.39 is 29.3 Å². The van der Waals surface area contributed by atoms with Crippen LogP contribution >= 0.6 is 11.6 Å². The van der Waals surface area contributed by atoms with Gasteiger partial charge in [-0.25, -0.2) is 23.1 Å². The van der Waals surface area contributed by atoms with Crippen LogP contribution in [0.5, 0.6) is 0 Å². The van der Waals surface area contributed by atoms with E-state index in [1.165, 1.54) is 6.20 Å². The molecule has 4 aromatic rings. The Labute approximate surface area is 231 Å². The van der Waals surface area contributed by atoms with Gasteiger partial charge in [0.1, 0.15) is 5.69 Å². The van der Waals surface area contributed by atoms with E-state index in [9.17, 15) is 22.8 Å². The van der Waals surface area contributed by atoms with Crippen LogP contribution in [0.3, 0.4) is 0 Å². The number of nitrogens with one attached hydrogen (secondary N) is 1. The standard InChI is InChI=1S/C26H22ClF3N8O2/c1-13-25(37-7-3-4-21(37)39)32-11-18(34-13)14(2)38-12-15(8-33-38)35-26(40)20-10-31-9-19(36-20)22-16(24(29)30)5-6-17(27)23(22)28/h5-6,8-12,14,24H,3-4,7H2,1-2H3,(H,35,40). The van der Waals surface area contributed by atoms with Crippen molar-refractivity contribution >= 4 is 34.9 Å². The maximum Gasteiger partial charge on any atom is 0.275 e. The fourth-order valence-electron chi connectivity index (χ4n) is 4.38. The molecule has 4 heterocycles. The van der Waals surface area contributed by atoms with Crippen molar-refractivity contribution in [1.29, 1.82) is 0 Å². The second-order valence-corrected chi connectivity index (χ2v) is 9.51. The highest BCUT2D eigenvalue weighted by molar-refractivity contribution is 6.31. The average Bonchev–Trinajstić information content (AvgIpc) is 3.58. The summed E-state index contributed by atoms with van der Waals surface area (Å²) in [5.41, 5.74) is -0.108. The number of anilines is 2. The van der Waals surface area contributed by atoms with Crippen LogP contribution in [0.4, 0.5) is 24.7 Å². The van der Waals surface area contributed by atoms with E-state index in [4.69, 9.17) is 11.6 Å². The summed E-state index contributed by atoms with van der Waals surface area (Å²) in [4.78, 5) is 43.6. The number of carbonyl (C=O) groups is 2. The van der Waals surface area contributed by atoms with Gasteiger partial charge in [0.2, 0.25) is 5.91 Å². The highest BCUT2D eigenvalue weighted by atomic mass is 35.5. The summed E-state index contributed by atoms with van der Waals surface area (Å²) in [6.07, 6.45) is 5.04. The molecule has 1 N–H and O–H groups in total. The second kappa shape index (κ2) is 11.0. The van der Waals surface area contributed by atoms with Crippen molar-refractivity contribution in [2.45, 2.75) is 39.2 Å². The number of aryl methyl sites for hydroxylation is 1. The largest absolute Gasteiger partial charge is 0.318 e. The monoisotopic (exact) mass is 570 g/mol. The molecule has 5 rings (SSSR count). The normalized spacial score (nSPS) is 14.2. The third kappa shape index (κ3) is 5.24. The number of hydrogen-bond acceptors (Lipinski definition) is 7. The molecule has 1 saturated heterocycles. The van der Waals surface area contributed by atoms with E-state index >= 15 is 0 Å². The fourth-order valence-corrected chi connectivity index (χ4v) is 4.54. The molecule has 2 amide bonds. The van der Waals surface area contributed by atoms with Gasteiger partial charge < -0.3 is 5.32 Å². The molecule has 0 bridgehead atoms. The predicted molar refractivity (Wildman–Crippen MR) is 140 cm³/mol. The quantitative estimate of drug-likeness (QED) is 0.326. The summed E-state index contributed by atoms with van der Waals surface area (Å²) in [6, 6.07) is 1.67. The van der Waals surface area contributed by atoms with Crippen LogP contribution in [-0.2, 0) is 4.79 Å². The third-order valence-corrected chi connectivity index (χ3v) is 6.73. The molecule has 1 atom stereocenters. The Hall–Kier alpha value is -4.39. The Morgan fingerprint density at radius 1 is 1.15 bits per heavy atom. The van der Waals surface area contributed by atoms with Crippen molar-refractivity contribution in [2.24, 2.45) is 0 Å². The van der Waals surface area contributed by atoms with Gasteiger partial charge in [0.15, 0.2) is 11.6 Å². The van der Waals surface area contributed by atoms with Crippen LogP contribution in [0.25, 0.3) is 11.3 Å². The number of aromatic nitrogens is 6. The number of carbonyl (C=O) groups excluding carboxylic acids is 2. The maximum atomic E-state index is 14.7. The van der Waals surface area contributed by atoms with Gasteiger partial charge in [-0.05, 0) is 26.3 Å². The van der Waals surface area contributed by atoms with Gasteiger partial charge in [-0.3, -0.25) is 29.1 Å². The topological polar surface area (TPSA) is 119 Å². The van der Waals surface area contributed by atoms with Gasteiger partial charge in [0.25, 0.3) is 12.3 Å². The minimum absolute atomic E-state index is 0.0213. The van der Waals surface area contributed by atoms with E-state index in [0.717, 1.165) is 30.9 Å². The van der Waals surface area contributed by atoms with E-state index in [-0.39, 0.29) is 28.4 Å². The molecule has 10 nitrogen and oxygen atoms in total. The molecule has 14 heteroatoms. The minimum Gasteiger partial charge on any atom is -0.318 e. The van der Waals surface area contributed by atoms with Crippen molar-refractivity contribution in [3.8, 4) is 11.3 Å². The highest BCUT2D eigenvalue weighted by Gasteiger charge is 2.26. The SMILES string of the molecule is Cc1nc(C(C)n2cc(NC(=O)c3cncc(-c4c(C(F)F)ccc(Cl)c4F)n3)cn2)cnc1N1CCCC1=O. The maximum absolute atomic E-state index is 14.7. The lowest BCUT2D eigenvalue weighted by Gasteiger charge is -2.18. The van der Waals surface area contributed by atoms with Crippen molar-refractivity contribution < 1.29 is 22.8 Å². The molecular weight excluding hydrogens is 549 g/mol. The Morgan fingerprint density at radius 3 is 2.65 bits per heavy atom. The van der Waals surface area contributed by atoms with Crippen molar-refractivity contribution in [1.82, 2.24) is 29.7 Å². The van der Waals surface area contributed by atoms with Crippen LogP contribution in [-0.4, -0.2) is 48.1 Å². The Bertz CT molecular complexity index is 1610. The molecular formula is C26H22ClF3N8O2. The summed E-state index contributed by atoms with van der Waals surface area (Å²) < 4.78 is 43.3. The molecule has 1 aliphatic rings. The van der Waals surface area contributed by atoms with E-state index in [2.05, 4.69) is 30.4 Å². The van der Waals surface area contributed by atoms with E-state index in [1.54, 1.807) is 28.9 Å². The van der Waals surface area contributed by atoms with Crippen LogP contribution in [0.2, 0.25) is 5.02 Å². The number of benzene rings is 1. The molecule has 1 aliphatic heterocycles. The summed E-state index contributed by atoms with van der Waals surface area (Å²) in [5, 5.41) is 6.54. The highest BCUT2D eigenvalue weighted by Crippen LogP contribution is 2.35. The van der Waals surface area contributed by atoms with Crippen molar-refractivity contribution in [2.75, 3.05) is 16.8 Å². The van der Waals surface area contributed by atoms with Crippen LogP contribution in [0.1, 0.15) is 59.7 Å². The first-order valence-electron chi connectivity index (χ1n) is 12.2. The molecule has 1 unspecified atom stereocenters. The number of amides is 2. The lowest BCUT2D eigenvalue weighted by atomic mass is 10.0. The Kier molecular flexibility index (Phi) is 7.48. The molecule has 3 aromatic heterocycles. The molecule has 1 aromatic carbocycles. The number of halogens is 4. The average molecular weight is 571 g/mol. The number of alkyl halides is 2. The first-order chi connectivity index (χ1) is 19.1. The van der Waals surface area contributed by atoms with Crippen LogP contribution in [0.15, 0.2) is 43.1 Å². The van der Waals surface area contributed by atoms with Gasteiger partial charge in [-0.15, -0.1) is 0 Å². The lowest BCUT2D eigenvalue weighted by Crippen LogP contribution is -2.26. The number of hydrogen-bond donors (Lipinski definition) is 1. The van der Waals surface area contributed by atoms with Crippen LogP contribution in [0, 0.1) is 12.7 Å². The van der Waals surface area contributed by atoms with E-state index in [1.807, 2.05) is 6.92 Å². The van der Waals surface area contributed by atoms with Crippen LogP contribution < -0.4 is 10.2 Å². The smallest absolute Gasteiger partial charge is 0.275 e. The first kappa shape index (κ1) is 27.2. The number of nitrogens with zero attached hydrogens (tertiary/aromatic N) is 7. The van der Waals surface area contributed by atoms with Crippen molar-refractivity contribution in [3.05, 3.63) is 76.6 Å². The van der Waals surface area contributed by atoms with E-state index in [0.29, 0.717) is 35.9 Å². The van der Waals surface area contributed by atoms with Gasteiger partial charge in [0, 0.05) is 30.3 Å². The van der Waals surface area contributed by atoms with Gasteiger partial charge in [-0.2, -0.15) is 5.10 Å². The minimum atomic E-state index is -3.00. The first-order valence-corrected chi connectivity index (χ1v) is 12.6. The molecule has 0 spiro atoms. The summed E-state index contributed by atoms with van der Waals surface area (Å²) in [7, 11) is 0. The zero-order valence-electron chi connectivity index (χ0n) is 21.3. The Morgan fingerprint density at radius 2 is 1.95 bits per heavy atom. The lowest BCUT2D eigenvalue weighted by molar-refractivity contribution is -0.117. The molecule has 206 valence electrons. The molecule has 40 heavy (non-hydrogen) atoms. The molecule has 0 radical (unpaired) electrons. The summed E-state index contributed by atoms with van der Waals surface area (Å²) >= 11 is 5.79. The molecule has 0 aliphatic carbocycles. The van der Waals surface area contributed by atoms with Crippen molar-refractivity contribution in [3.63, 3.8) is 0 Å². The third-order valence-electron chi connectivity index (χ3n) is 6.44. The summed E-state index contributed by atoms with van der Waals surface area (Å²) in [5.74, 6) is -1.24. The number of rotatable bonds is 7. The Balaban J connectivity index is 1.33. The van der Waals surface area contributed by atoms with Gasteiger partial charge >= 0.3 is 0 Å². The van der Waals surface area contributed by atoms with Gasteiger partial charge in [-0.1, -0.05) is 17.7 Å². The molecule has 0 saturated carbocycles. The zero-order valence-corrected chi connectivity index (χ0v) is 22.0. The zero-order chi connectivity index (χ0) is 28.6. The summed E-state index contributed by atoms with van der Waals surface area (Å²) in [6.45, 7) is 4.24. The van der Waals surface area contributed by atoms with Gasteiger partial charge in [0.05, 0.1) is 58.6 Å². The second-order valence-electron chi connectivity index (χ2n) is 9.11. The fraction of sp³-hybridized carbons (Fsp3) is 0.269. The molecule has 1 fully saturated rings.